The number of aryl methyl sites for hydroxylation is 1. The van der Waals surface area contributed by atoms with E-state index >= 15 is 0 Å². The zero-order valence-electron chi connectivity index (χ0n) is 14.4. The summed E-state index contributed by atoms with van der Waals surface area (Å²) in [6.07, 6.45) is 4.12. The van der Waals surface area contributed by atoms with Crippen molar-refractivity contribution in [2.45, 2.75) is 33.4 Å². The molecule has 0 saturated carbocycles. The monoisotopic (exact) mass is 320 g/mol. The fraction of sp³-hybridized carbons (Fsp3) is 0.250. The Morgan fingerprint density at radius 3 is 2.83 bits per heavy atom. The lowest BCUT2D eigenvalue weighted by Crippen LogP contribution is -2.21. The second-order valence-corrected chi connectivity index (χ2v) is 6.48. The van der Waals surface area contributed by atoms with Crippen LogP contribution in [-0.4, -0.2) is 16.2 Å². The normalized spacial score (nSPS) is 11.8. The second-order valence-electron chi connectivity index (χ2n) is 6.48. The van der Waals surface area contributed by atoms with E-state index in [-0.39, 0.29) is 0 Å². The van der Waals surface area contributed by atoms with Gasteiger partial charge in [-0.3, -0.25) is 5.10 Å². The van der Waals surface area contributed by atoms with E-state index in [1.807, 2.05) is 25.1 Å². The third kappa shape index (κ3) is 3.66. The number of benzene rings is 2. The van der Waals surface area contributed by atoms with Gasteiger partial charge in [-0.2, -0.15) is 5.10 Å². The number of aromatic nitrogens is 2. The van der Waals surface area contributed by atoms with Crippen LogP contribution in [0.2, 0.25) is 0 Å². The average molecular weight is 320 g/mol. The summed E-state index contributed by atoms with van der Waals surface area (Å²) in [5.41, 5.74) is 12.2. The summed E-state index contributed by atoms with van der Waals surface area (Å²) < 4.78 is 0. The molecule has 0 aliphatic rings. The van der Waals surface area contributed by atoms with E-state index in [9.17, 15) is 0 Å². The molecular formula is C20H24N4. The van der Waals surface area contributed by atoms with Crippen LogP contribution in [0, 0.1) is 6.92 Å². The lowest BCUT2D eigenvalue weighted by Gasteiger charge is -2.08. The Morgan fingerprint density at radius 1 is 1.21 bits per heavy atom. The van der Waals surface area contributed by atoms with Crippen LogP contribution in [0.15, 0.2) is 36.4 Å². The molecule has 0 radical (unpaired) electrons. The van der Waals surface area contributed by atoms with Gasteiger partial charge in [-0.15, -0.1) is 0 Å². The van der Waals surface area contributed by atoms with Gasteiger partial charge in [-0.1, -0.05) is 44.2 Å². The first-order chi connectivity index (χ1) is 11.5. The molecule has 0 aliphatic carbocycles. The molecule has 0 bridgehead atoms. The van der Waals surface area contributed by atoms with Crippen LogP contribution in [0.5, 0.6) is 0 Å². The molecule has 2 aromatic carbocycles. The maximum Gasteiger partial charge on any atom is 0.0928 e. The van der Waals surface area contributed by atoms with Crippen LogP contribution in [0.25, 0.3) is 23.1 Å². The number of nitrogens with two attached hydrogens (primary N) is 1. The van der Waals surface area contributed by atoms with Crippen molar-refractivity contribution in [1.82, 2.24) is 15.5 Å². The first kappa shape index (κ1) is 16.3. The average Bonchev–Trinajstić information content (AvgIpc) is 2.94. The lowest BCUT2D eigenvalue weighted by molar-refractivity contribution is 0.589. The first-order valence-electron chi connectivity index (χ1n) is 8.27. The molecule has 1 aromatic heterocycles. The minimum Gasteiger partial charge on any atom is -0.398 e. The standard InChI is InChI=1S/C20H24N4/c1-13(2)22-12-16-6-4-5-15(10-16)7-8-19-17-11-18(21)14(3)9-20(17)24-23-19/h4-11,13,22H,12,21H2,1-3H3,(H,23,24)/b8-7+. The van der Waals surface area contributed by atoms with Gasteiger partial charge < -0.3 is 11.1 Å². The van der Waals surface area contributed by atoms with Crippen LogP contribution in [-0.2, 0) is 6.54 Å². The number of anilines is 1. The van der Waals surface area contributed by atoms with Gasteiger partial charge in [-0.05, 0) is 41.8 Å². The molecule has 3 aromatic rings. The third-order valence-corrected chi connectivity index (χ3v) is 4.08. The number of nitrogens with zero attached hydrogens (tertiary/aromatic N) is 1. The predicted molar refractivity (Wildman–Crippen MR) is 103 cm³/mol. The van der Waals surface area contributed by atoms with E-state index < -0.39 is 0 Å². The highest BCUT2D eigenvalue weighted by molar-refractivity contribution is 5.92. The molecule has 0 saturated heterocycles. The van der Waals surface area contributed by atoms with Crippen molar-refractivity contribution >= 4 is 28.7 Å². The zero-order valence-corrected chi connectivity index (χ0v) is 14.4. The molecule has 1 heterocycles. The Labute approximate surface area is 142 Å². The predicted octanol–water partition coefficient (Wildman–Crippen LogP) is 4.12. The first-order valence-corrected chi connectivity index (χ1v) is 8.27. The van der Waals surface area contributed by atoms with Crippen molar-refractivity contribution in [3.05, 3.63) is 58.8 Å². The van der Waals surface area contributed by atoms with Gasteiger partial charge in [0.1, 0.15) is 0 Å². The summed E-state index contributed by atoms with van der Waals surface area (Å²) in [5.74, 6) is 0. The summed E-state index contributed by atoms with van der Waals surface area (Å²) in [7, 11) is 0. The van der Waals surface area contributed by atoms with Crippen molar-refractivity contribution < 1.29 is 0 Å². The van der Waals surface area contributed by atoms with Crippen LogP contribution in [0.1, 0.15) is 36.2 Å². The molecule has 0 amide bonds. The molecule has 0 fully saturated rings. The van der Waals surface area contributed by atoms with E-state index in [0.717, 1.165) is 40.0 Å². The summed E-state index contributed by atoms with van der Waals surface area (Å²) >= 11 is 0. The molecule has 0 unspecified atom stereocenters. The second kappa shape index (κ2) is 6.89. The van der Waals surface area contributed by atoms with Gasteiger partial charge in [0.15, 0.2) is 0 Å². The molecule has 0 atom stereocenters. The number of H-pyrrole nitrogens is 1. The molecular weight excluding hydrogens is 296 g/mol. The van der Waals surface area contributed by atoms with Gasteiger partial charge in [-0.25, -0.2) is 0 Å². The van der Waals surface area contributed by atoms with Crippen molar-refractivity contribution in [1.29, 1.82) is 0 Å². The molecule has 3 rings (SSSR count). The Morgan fingerprint density at radius 2 is 2.04 bits per heavy atom. The van der Waals surface area contributed by atoms with Crippen LogP contribution >= 0.6 is 0 Å². The number of rotatable bonds is 5. The third-order valence-electron chi connectivity index (χ3n) is 4.08. The smallest absolute Gasteiger partial charge is 0.0928 e. The van der Waals surface area contributed by atoms with Gasteiger partial charge in [0, 0.05) is 23.7 Å². The van der Waals surface area contributed by atoms with Crippen molar-refractivity contribution in [2.75, 3.05) is 5.73 Å². The Hall–Kier alpha value is -2.59. The fourth-order valence-corrected chi connectivity index (χ4v) is 2.64. The lowest BCUT2D eigenvalue weighted by atomic mass is 10.1. The highest BCUT2D eigenvalue weighted by Crippen LogP contribution is 2.23. The number of hydrogen-bond donors (Lipinski definition) is 3. The minimum atomic E-state index is 0.480. The number of aromatic amines is 1. The zero-order chi connectivity index (χ0) is 17.1. The topological polar surface area (TPSA) is 66.7 Å². The number of hydrogen-bond acceptors (Lipinski definition) is 3. The van der Waals surface area contributed by atoms with E-state index in [4.69, 9.17) is 5.73 Å². The maximum atomic E-state index is 6.03. The number of nitrogens with one attached hydrogen (secondary N) is 2. The van der Waals surface area contributed by atoms with Gasteiger partial charge in [0.05, 0.1) is 11.2 Å². The van der Waals surface area contributed by atoms with Crippen LogP contribution < -0.4 is 11.1 Å². The minimum absolute atomic E-state index is 0.480. The van der Waals surface area contributed by atoms with Gasteiger partial charge in [0.25, 0.3) is 0 Å². The summed E-state index contributed by atoms with van der Waals surface area (Å²) in [6, 6.07) is 13.0. The quantitative estimate of drug-likeness (QED) is 0.619. The van der Waals surface area contributed by atoms with Gasteiger partial charge >= 0.3 is 0 Å². The molecule has 124 valence electrons. The van der Waals surface area contributed by atoms with E-state index in [1.54, 1.807) is 0 Å². The summed E-state index contributed by atoms with van der Waals surface area (Å²) in [5, 5.41) is 12.0. The summed E-state index contributed by atoms with van der Waals surface area (Å²) in [4.78, 5) is 0. The molecule has 4 N–H and O–H groups in total. The fourth-order valence-electron chi connectivity index (χ4n) is 2.64. The van der Waals surface area contributed by atoms with Crippen molar-refractivity contribution in [2.24, 2.45) is 0 Å². The Balaban J connectivity index is 1.83. The van der Waals surface area contributed by atoms with Crippen molar-refractivity contribution in [3.63, 3.8) is 0 Å². The number of fused-ring (bicyclic) bond motifs is 1. The molecule has 4 nitrogen and oxygen atoms in total. The Kier molecular flexibility index (Phi) is 4.67. The molecule has 0 aliphatic heterocycles. The van der Waals surface area contributed by atoms with Crippen LogP contribution in [0.4, 0.5) is 5.69 Å². The largest absolute Gasteiger partial charge is 0.398 e. The highest BCUT2D eigenvalue weighted by Gasteiger charge is 2.05. The van der Waals surface area contributed by atoms with E-state index in [2.05, 4.69) is 59.7 Å². The maximum absolute atomic E-state index is 6.03. The van der Waals surface area contributed by atoms with Gasteiger partial charge in [0.2, 0.25) is 0 Å². The SMILES string of the molecule is Cc1cc2[nH]nc(/C=C/c3cccc(CNC(C)C)c3)c2cc1N. The molecule has 4 heteroatoms. The summed E-state index contributed by atoms with van der Waals surface area (Å²) in [6.45, 7) is 7.18. The molecule has 24 heavy (non-hydrogen) atoms. The molecule has 0 spiro atoms. The van der Waals surface area contributed by atoms with Crippen LogP contribution in [0.3, 0.4) is 0 Å². The van der Waals surface area contributed by atoms with E-state index in [1.165, 1.54) is 5.56 Å². The van der Waals surface area contributed by atoms with E-state index in [0.29, 0.717) is 6.04 Å². The Bertz CT molecular complexity index is 874. The van der Waals surface area contributed by atoms with Crippen molar-refractivity contribution in [3.8, 4) is 0 Å². The highest BCUT2D eigenvalue weighted by atomic mass is 15.1. The number of nitrogen functional groups attached to an aromatic ring is 1.